The second kappa shape index (κ2) is 14.8. The maximum absolute atomic E-state index is 11.2. The molecule has 1 heterocycles. The Bertz CT molecular complexity index is 554. The molecule has 1 amide bonds. The van der Waals surface area contributed by atoms with Gasteiger partial charge in [0.05, 0.1) is 6.61 Å². The monoisotopic (exact) mass is 429 g/mol. The maximum Gasteiger partial charge on any atom is 0.407 e. The first kappa shape index (κ1) is 24.9. The van der Waals surface area contributed by atoms with Gasteiger partial charge in [0, 0.05) is 43.3 Å². The molecule has 28 heavy (non-hydrogen) atoms. The van der Waals surface area contributed by atoms with E-state index in [0.29, 0.717) is 13.2 Å². The van der Waals surface area contributed by atoms with E-state index in [1.807, 2.05) is 18.7 Å². The first-order valence-electron chi connectivity index (χ1n) is 10.3. The highest BCUT2D eigenvalue weighted by atomic mass is 35.5. The molecule has 0 atom stereocenters. The normalized spacial score (nSPS) is 14.4. The second-order valence-corrected chi connectivity index (χ2v) is 8.07. The van der Waals surface area contributed by atoms with Crippen molar-refractivity contribution in [1.29, 1.82) is 0 Å². The smallest absolute Gasteiger partial charge is 0.407 e. The Hall–Kier alpha value is -1.11. The number of amides is 1. The lowest BCUT2D eigenvalue weighted by Gasteiger charge is -2.36. The molecule has 1 aromatic carbocycles. The molecule has 1 fully saturated rings. The van der Waals surface area contributed by atoms with Crippen LogP contribution in [0.2, 0.25) is 0 Å². The van der Waals surface area contributed by atoms with Crippen LogP contribution in [0.1, 0.15) is 39.5 Å². The van der Waals surface area contributed by atoms with E-state index in [2.05, 4.69) is 46.3 Å². The summed E-state index contributed by atoms with van der Waals surface area (Å²) in [6.45, 7) is 10.9. The summed E-state index contributed by atoms with van der Waals surface area (Å²) in [6.07, 6.45) is 4.13. The maximum atomic E-state index is 11.2. The van der Waals surface area contributed by atoms with Crippen molar-refractivity contribution in [1.82, 2.24) is 10.2 Å². The number of piperazine rings is 1. The molecule has 0 bridgehead atoms. The van der Waals surface area contributed by atoms with Crippen LogP contribution in [0.5, 0.6) is 0 Å². The number of rotatable bonds is 11. The van der Waals surface area contributed by atoms with E-state index in [1.165, 1.54) is 29.2 Å². The predicted molar refractivity (Wildman–Crippen MR) is 122 cm³/mol. The minimum Gasteiger partial charge on any atom is -0.450 e. The van der Waals surface area contributed by atoms with Gasteiger partial charge in [-0.1, -0.05) is 13.0 Å². The topological polar surface area (TPSA) is 44.8 Å². The van der Waals surface area contributed by atoms with Crippen LogP contribution < -0.4 is 10.2 Å². The molecule has 1 aliphatic heterocycles. The molecule has 1 aromatic rings. The molecule has 2 rings (SSSR count). The predicted octanol–water partition coefficient (Wildman–Crippen LogP) is 4.65. The summed E-state index contributed by atoms with van der Waals surface area (Å²) in [5.41, 5.74) is 1.36. The Morgan fingerprint density at radius 1 is 1.14 bits per heavy atom. The fraction of sp³-hybridized carbons (Fsp3) is 0.667. The van der Waals surface area contributed by atoms with Crippen LogP contribution in [0.4, 0.5) is 10.5 Å². The van der Waals surface area contributed by atoms with Crippen molar-refractivity contribution in [2.45, 2.75) is 44.4 Å². The SMILES string of the molecule is CCCSc1cccc(N2CCN(CCCCCOC(=O)NCC)CC2)c1.Cl. The van der Waals surface area contributed by atoms with E-state index in [4.69, 9.17) is 4.74 Å². The molecular weight excluding hydrogens is 394 g/mol. The largest absolute Gasteiger partial charge is 0.450 e. The van der Waals surface area contributed by atoms with Crippen molar-refractivity contribution >= 4 is 35.9 Å². The summed E-state index contributed by atoms with van der Waals surface area (Å²) >= 11 is 1.95. The van der Waals surface area contributed by atoms with Crippen LogP contribution in [0.3, 0.4) is 0 Å². The lowest BCUT2D eigenvalue weighted by atomic mass is 10.2. The molecule has 0 aliphatic carbocycles. The Labute approximate surface area is 181 Å². The van der Waals surface area contributed by atoms with Crippen LogP contribution in [0.15, 0.2) is 29.2 Å². The summed E-state index contributed by atoms with van der Waals surface area (Å²) in [5.74, 6) is 1.19. The van der Waals surface area contributed by atoms with Gasteiger partial charge in [0.25, 0.3) is 0 Å². The first-order valence-corrected chi connectivity index (χ1v) is 11.3. The third-order valence-electron chi connectivity index (χ3n) is 4.70. The fourth-order valence-electron chi connectivity index (χ4n) is 3.19. The first-order chi connectivity index (χ1) is 13.2. The molecule has 160 valence electrons. The number of nitrogens with zero attached hydrogens (tertiary/aromatic N) is 2. The summed E-state index contributed by atoms with van der Waals surface area (Å²) in [4.78, 5) is 17.6. The molecule has 0 saturated carbocycles. The van der Waals surface area contributed by atoms with Crippen molar-refractivity contribution < 1.29 is 9.53 Å². The second-order valence-electron chi connectivity index (χ2n) is 6.90. The lowest BCUT2D eigenvalue weighted by Crippen LogP contribution is -2.46. The lowest BCUT2D eigenvalue weighted by molar-refractivity contribution is 0.143. The third kappa shape index (κ3) is 9.39. The van der Waals surface area contributed by atoms with Crippen LogP contribution in [-0.2, 0) is 4.74 Å². The molecular formula is C21H36ClN3O2S. The Balaban J connectivity index is 0.00000392. The van der Waals surface area contributed by atoms with Crippen LogP contribution in [0.25, 0.3) is 0 Å². The van der Waals surface area contributed by atoms with Crippen molar-refractivity contribution in [3.63, 3.8) is 0 Å². The zero-order chi connectivity index (χ0) is 19.3. The van der Waals surface area contributed by atoms with Crippen molar-refractivity contribution in [3.8, 4) is 0 Å². The quantitative estimate of drug-likeness (QED) is 0.409. The van der Waals surface area contributed by atoms with Gasteiger partial charge in [-0.2, -0.15) is 0 Å². The van der Waals surface area contributed by atoms with Gasteiger partial charge in [-0.25, -0.2) is 4.79 Å². The highest BCUT2D eigenvalue weighted by Gasteiger charge is 2.17. The van der Waals surface area contributed by atoms with Gasteiger partial charge in [-0.3, -0.25) is 4.90 Å². The summed E-state index contributed by atoms with van der Waals surface area (Å²) < 4.78 is 5.10. The number of nitrogens with one attached hydrogen (secondary N) is 1. The van der Waals surface area contributed by atoms with E-state index >= 15 is 0 Å². The number of ether oxygens (including phenoxy) is 1. The number of anilines is 1. The zero-order valence-electron chi connectivity index (χ0n) is 17.3. The number of hydrogen-bond donors (Lipinski definition) is 1. The Kier molecular flexibility index (Phi) is 13.2. The van der Waals surface area contributed by atoms with Gasteiger partial charge in [0.1, 0.15) is 0 Å². The molecule has 1 aliphatic rings. The van der Waals surface area contributed by atoms with Crippen LogP contribution >= 0.6 is 24.2 Å². The number of alkyl carbamates (subject to hydrolysis) is 1. The molecule has 0 radical (unpaired) electrons. The number of thioether (sulfide) groups is 1. The number of carbonyl (C=O) groups excluding carboxylic acids is 1. The van der Waals surface area contributed by atoms with Crippen molar-refractivity contribution in [2.75, 3.05) is 56.5 Å². The third-order valence-corrected chi connectivity index (χ3v) is 5.90. The summed E-state index contributed by atoms with van der Waals surface area (Å²) in [7, 11) is 0. The van der Waals surface area contributed by atoms with Gasteiger partial charge in [-0.15, -0.1) is 24.2 Å². The average molecular weight is 430 g/mol. The Morgan fingerprint density at radius 2 is 1.93 bits per heavy atom. The number of hydrogen-bond acceptors (Lipinski definition) is 5. The number of benzene rings is 1. The minimum absolute atomic E-state index is 0. The fourth-order valence-corrected chi connectivity index (χ4v) is 4.01. The number of unbranched alkanes of at least 4 members (excludes halogenated alkanes) is 2. The van der Waals surface area contributed by atoms with E-state index in [9.17, 15) is 4.79 Å². The minimum atomic E-state index is -0.300. The van der Waals surface area contributed by atoms with Crippen LogP contribution in [-0.4, -0.2) is 62.6 Å². The van der Waals surface area contributed by atoms with Gasteiger partial charge in [0.15, 0.2) is 0 Å². The van der Waals surface area contributed by atoms with Gasteiger partial charge in [0.2, 0.25) is 0 Å². The van der Waals surface area contributed by atoms with Gasteiger partial charge < -0.3 is 15.0 Å². The highest BCUT2D eigenvalue weighted by molar-refractivity contribution is 7.99. The molecule has 7 heteroatoms. The van der Waals surface area contributed by atoms with Gasteiger partial charge in [-0.05, 0) is 63.1 Å². The molecule has 0 unspecified atom stereocenters. The standard InChI is InChI=1S/C21H35N3O2S.ClH/c1-3-17-27-20-10-8-9-19(18-20)24-14-12-23(13-15-24)11-6-5-7-16-26-21(25)22-4-2;/h8-10,18H,3-7,11-17H2,1-2H3,(H,22,25);1H. The molecule has 1 N–H and O–H groups in total. The number of carbonyl (C=O) groups is 1. The van der Waals surface area contributed by atoms with E-state index in [-0.39, 0.29) is 18.5 Å². The number of halogens is 1. The molecule has 0 aromatic heterocycles. The van der Waals surface area contributed by atoms with Gasteiger partial charge >= 0.3 is 6.09 Å². The molecule has 0 spiro atoms. The van der Waals surface area contributed by atoms with E-state index in [0.717, 1.165) is 45.6 Å². The van der Waals surface area contributed by atoms with Crippen molar-refractivity contribution in [3.05, 3.63) is 24.3 Å². The van der Waals surface area contributed by atoms with E-state index in [1.54, 1.807) is 0 Å². The summed E-state index contributed by atoms with van der Waals surface area (Å²) in [6, 6.07) is 8.98. The molecule has 5 nitrogen and oxygen atoms in total. The zero-order valence-corrected chi connectivity index (χ0v) is 19.0. The average Bonchev–Trinajstić information content (AvgIpc) is 2.70. The van der Waals surface area contributed by atoms with E-state index < -0.39 is 0 Å². The summed E-state index contributed by atoms with van der Waals surface area (Å²) in [5, 5.41) is 2.64. The molecule has 1 saturated heterocycles. The van der Waals surface area contributed by atoms with Crippen molar-refractivity contribution in [2.24, 2.45) is 0 Å². The Morgan fingerprint density at radius 3 is 2.64 bits per heavy atom. The highest BCUT2D eigenvalue weighted by Crippen LogP contribution is 2.25. The van der Waals surface area contributed by atoms with Crippen LogP contribution in [0, 0.1) is 0 Å².